The third kappa shape index (κ3) is 2.37. The molecule has 1 aromatic rings. The number of hydrogen-bond donors (Lipinski definition) is 1. The molecule has 0 aromatic heterocycles. The Labute approximate surface area is 118 Å². The van der Waals surface area contributed by atoms with Gasteiger partial charge >= 0.3 is 5.97 Å². The fourth-order valence-corrected chi connectivity index (χ4v) is 5.61. The van der Waals surface area contributed by atoms with Crippen molar-refractivity contribution in [1.82, 2.24) is 0 Å². The van der Waals surface area contributed by atoms with Crippen LogP contribution in [0.5, 0.6) is 0 Å². The van der Waals surface area contributed by atoms with Gasteiger partial charge in [-0.2, -0.15) is 0 Å². The molecule has 0 fully saturated rings. The predicted molar refractivity (Wildman–Crippen MR) is 71.6 cm³/mol. The van der Waals surface area contributed by atoms with E-state index < -0.39 is 20.4 Å². The average molecular weight is 321 g/mol. The number of sulfone groups is 1. The van der Waals surface area contributed by atoms with Crippen LogP contribution in [0.25, 0.3) is 0 Å². The topological polar surface area (TPSA) is 88.5 Å². The van der Waals surface area contributed by atoms with Crippen molar-refractivity contribution >= 4 is 45.5 Å². The van der Waals surface area contributed by atoms with E-state index in [-0.39, 0.29) is 27.7 Å². The largest absolute Gasteiger partial charge is 0.478 e. The second-order valence-electron chi connectivity index (χ2n) is 3.89. The van der Waals surface area contributed by atoms with E-state index in [9.17, 15) is 18.0 Å². The zero-order valence-electron chi connectivity index (χ0n) is 9.50. The summed E-state index contributed by atoms with van der Waals surface area (Å²) in [7, 11) is -3.56. The Morgan fingerprint density at radius 2 is 2.21 bits per heavy atom. The van der Waals surface area contributed by atoms with E-state index in [1.54, 1.807) is 0 Å². The normalized spacial score (nSPS) is 19.9. The molecular formula is C11H9ClO5S2. The fraction of sp³-hybridized carbons (Fsp3) is 0.273. The van der Waals surface area contributed by atoms with E-state index >= 15 is 0 Å². The molecule has 1 aromatic carbocycles. The van der Waals surface area contributed by atoms with Crippen molar-refractivity contribution in [2.75, 3.05) is 5.75 Å². The summed E-state index contributed by atoms with van der Waals surface area (Å²) in [4.78, 5) is 21.3. The van der Waals surface area contributed by atoms with Crippen LogP contribution in [0.15, 0.2) is 17.0 Å². The summed E-state index contributed by atoms with van der Waals surface area (Å²) < 4.78 is 23.6. The summed E-state index contributed by atoms with van der Waals surface area (Å²) in [6.45, 7) is 0. The predicted octanol–water partition coefficient (Wildman–Crippen LogP) is 1.63. The van der Waals surface area contributed by atoms with Crippen LogP contribution in [0.1, 0.15) is 15.9 Å². The lowest BCUT2D eigenvalue weighted by molar-refractivity contribution is -0.105. The van der Waals surface area contributed by atoms with Crippen molar-refractivity contribution in [3.63, 3.8) is 0 Å². The highest BCUT2D eigenvalue weighted by molar-refractivity contribution is 8.14. The molecule has 0 aliphatic carbocycles. The standard InChI is InChI=1S/C11H9ClO5S2/c12-10-6(11(14)15)1-2-8-7(10)5-9(18-4-3-13)19(8,16)17/h1-3,9H,4-5H2,(H,14,15). The molecule has 1 aliphatic heterocycles. The van der Waals surface area contributed by atoms with Crippen LogP contribution in [0.4, 0.5) is 0 Å². The minimum absolute atomic E-state index is 0.0391. The molecule has 0 saturated heterocycles. The summed E-state index contributed by atoms with van der Waals surface area (Å²) >= 11 is 6.96. The first-order valence-corrected chi connectivity index (χ1v) is 8.20. The quantitative estimate of drug-likeness (QED) is 0.848. The average Bonchev–Trinajstić information content (AvgIpc) is 2.59. The van der Waals surface area contributed by atoms with Crippen LogP contribution in [-0.2, 0) is 21.1 Å². The fourth-order valence-electron chi connectivity index (χ4n) is 1.94. The molecule has 1 atom stereocenters. The lowest BCUT2D eigenvalue weighted by Crippen LogP contribution is -2.13. The van der Waals surface area contributed by atoms with Crippen LogP contribution in [0.3, 0.4) is 0 Å². The van der Waals surface area contributed by atoms with Gasteiger partial charge in [-0.25, -0.2) is 13.2 Å². The van der Waals surface area contributed by atoms with Gasteiger partial charge in [-0.15, -0.1) is 11.8 Å². The summed E-state index contributed by atoms with van der Waals surface area (Å²) in [6.07, 6.45) is 0.754. The van der Waals surface area contributed by atoms with Gasteiger partial charge in [-0.05, 0) is 17.7 Å². The van der Waals surface area contributed by atoms with Crippen LogP contribution in [0.2, 0.25) is 5.02 Å². The minimum Gasteiger partial charge on any atom is -0.478 e. The maximum Gasteiger partial charge on any atom is 0.337 e. The van der Waals surface area contributed by atoms with E-state index in [4.69, 9.17) is 16.7 Å². The second kappa shape index (κ2) is 5.15. The van der Waals surface area contributed by atoms with Crippen molar-refractivity contribution in [1.29, 1.82) is 0 Å². The molecule has 102 valence electrons. The van der Waals surface area contributed by atoms with Gasteiger partial charge in [-0.1, -0.05) is 11.6 Å². The first-order valence-electron chi connectivity index (χ1n) is 5.23. The lowest BCUT2D eigenvalue weighted by atomic mass is 10.1. The number of benzene rings is 1. The molecule has 1 N–H and O–H groups in total. The SMILES string of the molecule is O=CCSC1Cc2c(ccc(C(=O)O)c2Cl)S1(=O)=O. The third-order valence-corrected chi connectivity index (χ3v) is 7.13. The van der Waals surface area contributed by atoms with Gasteiger partial charge in [0, 0.05) is 6.42 Å². The minimum atomic E-state index is -3.56. The molecule has 1 unspecified atom stereocenters. The molecular weight excluding hydrogens is 312 g/mol. The molecule has 8 heteroatoms. The number of carboxylic acids is 1. The van der Waals surface area contributed by atoms with Gasteiger partial charge < -0.3 is 9.90 Å². The van der Waals surface area contributed by atoms with E-state index in [0.29, 0.717) is 11.8 Å². The van der Waals surface area contributed by atoms with Gasteiger partial charge in [0.25, 0.3) is 0 Å². The lowest BCUT2D eigenvalue weighted by Gasteiger charge is -2.05. The monoisotopic (exact) mass is 320 g/mol. The molecule has 0 saturated carbocycles. The molecule has 0 spiro atoms. The van der Waals surface area contributed by atoms with Crippen LogP contribution in [0, 0.1) is 0 Å². The first-order chi connectivity index (χ1) is 8.89. The van der Waals surface area contributed by atoms with E-state index in [1.807, 2.05) is 0 Å². The molecule has 2 rings (SSSR count). The highest BCUT2D eigenvalue weighted by Gasteiger charge is 2.39. The van der Waals surface area contributed by atoms with Gasteiger partial charge in [0.05, 0.1) is 21.2 Å². The third-order valence-electron chi connectivity index (χ3n) is 2.80. The number of thioether (sulfide) groups is 1. The number of halogens is 1. The van der Waals surface area contributed by atoms with Crippen molar-refractivity contribution in [2.45, 2.75) is 15.9 Å². The number of fused-ring (bicyclic) bond motifs is 1. The highest BCUT2D eigenvalue weighted by atomic mass is 35.5. The van der Waals surface area contributed by atoms with Crippen LogP contribution < -0.4 is 0 Å². The number of aldehydes is 1. The number of carboxylic acid groups (broad SMARTS) is 1. The van der Waals surface area contributed by atoms with Gasteiger partial charge in [-0.3, -0.25) is 0 Å². The van der Waals surface area contributed by atoms with Gasteiger partial charge in [0.15, 0.2) is 9.84 Å². The van der Waals surface area contributed by atoms with Gasteiger partial charge in [0.2, 0.25) is 0 Å². The summed E-state index contributed by atoms with van der Waals surface area (Å²) in [5.74, 6) is -1.13. The smallest absolute Gasteiger partial charge is 0.337 e. The van der Waals surface area contributed by atoms with E-state index in [1.165, 1.54) is 12.1 Å². The molecule has 1 heterocycles. The molecule has 19 heavy (non-hydrogen) atoms. The highest BCUT2D eigenvalue weighted by Crippen LogP contribution is 2.41. The Morgan fingerprint density at radius 3 is 2.79 bits per heavy atom. The maximum atomic E-state index is 12.2. The van der Waals surface area contributed by atoms with Crippen molar-refractivity contribution in [3.05, 3.63) is 28.3 Å². The van der Waals surface area contributed by atoms with Crippen molar-refractivity contribution in [3.8, 4) is 0 Å². The molecule has 0 radical (unpaired) electrons. The van der Waals surface area contributed by atoms with Crippen LogP contribution in [-0.4, -0.2) is 36.1 Å². The Kier molecular flexibility index (Phi) is 3.89. The Bertz CT molecular complexity index is 653. The summed E-state index contributed by atoms with van der Waals surface area (Å²) in [6, 6.07) is 2.45. The molecule has 0 amide bonds. The Hall–Kier alpha value is -1.05. The maximum absolute atomic E-state index is 12.2. The molecule has 0 bridgehead atoms. The van der Waals surface area contributed by atoms with E-state index in [0.717, 1.165) is 11.8 Å². The van der Waals surface area contributed by atoms with Crippen LogP contribution >= 0.6 is 23.4 Å². The zero-order valence-corrected chi connectivity index (χ0v) is 11.9. The van der Waals surface area contributed by atoms with Crippen molar-refractivity contribution in [2.24, 2.45) is 0 Å². The van der Waals surface area contributed by atoms with Gasteiger partial charge in [0.1, 0.15) is 10.9 Å². The summed E-state index contributed by atoms with van der Waals surface area (Å²) in [5.41, 5.74) is 0.210. The molecule has 1 aliphatic rings. The first kappa shape index (κ1) is 14.4. The number of carbonyl (C=O) groups is 2. The van der Waals surface area contributed by atoms with Crippen molar-refractivity contribution < 1.29 is 23.1 Å². The number of rotatable bonds is 4. The second-order valence-corrected chi connectivity index (χ2v) is 7.90. The molecule has 5 nitrogen and oxygen atoms in total. The number of hydrogen-bond acceptors (Lipinski definition) is 5. The van der Waals surface area contributed by atoms with E-state index in [2.05, 4.69) is 0 Å². The number of carbonyl (C=O) groups excluding carboxylic acids is 1. The zero-order chi connectivity index (χ0) is 14.2. The Balaban J connectivity index is 2.50. The number of aromatic carboxylic acids is 1. The Morgan fingerprint density at radius 1 is 1.53 bits per heavy atom. The summed E-state index contributed by atoms with van der Waals surface area (Å²) in [5, 5.41) is 8.91.